The fraction of sp³-hybridized carbons (Fsp3) is 0.320. The molecule has 11 aromatic rings. The molecule has 1 amide bonds. The number of hydrogen-bond acceptors (Lipinski definition) is 24. The summed E-state index contributed by atoms with van der Waals surface area (Å²) in [5.74, 6) is -20.1. The zero-order valence-electron chi connectivity index (χ0n) is 80.6. The lowest BCUT2D eigenvalue weighted by molar-refractivity contribution is -0.138. The number of carboxylic acid groups (broad SMARTS) is 1. The van der Waals surface area contributed by atoms with Gasteiger partial charge in [-0.1, -0.05) is 140 Å². The molecule has 47 nitrogen and oxygen atoms in total. The van der Waals surface area contributed by atoms with E-state index in [-0.39, 0.29) is 75.8 Å². The molecule has 13 rings (SSSR count). The minimum atomic E-state index is -2.09. The van der Waals surface area contributed by atoms with Crippen LogP contribution in [0.4, 0.5) is 0 Å². The normalized spacial score (nSPS) is 20.2. The average molecular weight is 2060 g/mol. The third-order valence-electron chi connectivity index (χ3n) is 24.5. The van der Waals surface area contributed by atoms with Crippen molar-refractivity contribution in [2.24, 2.45) is 74.9 Å². The first-order valence-corrected chi connectivity index (χ1v) is 47.5. The van der Waals surface area contributed by atoms with Gasteiger partial charge >= 0.3 is 5.97 Å². The first-order chi connectivity index (χ1) is 72.0. The summed E-state index contributed by atoms with van der Waals surface area (Å²) in [6.45, 7) is -2.18. The van der Waals surface area contributed by atoms with Crippen molar-refractivity contribution in [2.75, 3.05) is 26.2 Å². The van der Waals surface area contributed by atoms with E-state index >= 15 is 0 Å². The number of nitrogens with one attached hydrogen (secondary N) is 6. The fourth-order valence-electron chi connectivity index (χ4n) is 16.8. The van der Waals surface area contributed by atoms with Gasteiger partial charge < -0.3 is 137 Å². The predicted molar refractivity (Wildman–Crippen MR) is 568 cm³/mol. The van der Waals surface area contributed by atoms with Crippen LogP contribution in [0.25, 0.3) is 32.7 Å². The van der Waals surface area contributed by atoms with Crippen LogP contribution in [0.5, 0.6) is 11.5 Å². The van der Waals surface area contributed by atoms with E-state index in [2.05, 4.69) is 99.8 Å². The zero-order chi connectivity index (χ0) is 107. The number of carboxylic acids is 1. The fourth-order valence-corrected chi connectivity index (χ4v) is 16.8. The molecule has 150 heavy (non-hydrogen) atoms. The maximum absolute atomic E-state index is 14.8. The number of aliphatic imine (C=N–C) groups is 15. The number of benzene rings is 7. The molecule has 6 heterocycles. The number of rotatable bonds is 37. The Morgan fingerprint density at radius 3 is 1.31 bits per heavy atom. The Morgan fingerprint density at radius 2 is 0.840 bits per heavy atom. The molecule has 0 spiro atoms. The summed E-state index contributed by atoms with van der Waals surface area (Å²) >= 11 is 0. The Hall–Kier alpha value is -18.2. The summed E-state index contributed by atoms with van der Waals surface area (Å²) < 4.78 is 0. The van der Waals surface area contributed by atoms with Crippen molar-refractivity contribution in [3.8, 4) is 11.5 Å². The molecule has 0 radical (unpaired) electrons. The van der Waals surface area contributed by atoms with Crippen LogP contribution in [0.1, 0.15) is 83.7 Å². The lowest BCUT2D eigenvalue weighted by Gasteiger charge is -2.27. The second kappa shape index (κ2) is 51.5. The summed E-state index contributed by atoms with van der Waals surface area (Å²) in [5, 5.41) is 276. The Balaban J connectivity index is 0.899. The lowest BCUT2D eigenvalue weighted by atomic mass is 10.0. The van der Waals surface area contributed by atoms with E-state index in [0.29, 0.717) is 77.3 Å². The SMILES string of the molecule is C[C@@H](O)[C@@H]1N=C(O)CN=C(O)[C@H](Cc2cnc[nH]2)N=C(O)[C@H](Cc2c[nH]c3ccccc23)N=C(O)[C@H](CC(=N)O)N=C(O)CN=C(O)C[C@@H](C(O)=N[C@@H](Cc2c[nH]c3ccccc23)C(O)=N[C@@H](Cc2ccccc2)C(O)=N[C@@H](Cc2ccccc2)C(O)=N[C@@H](CC(=N)O)C(O)=N[C@@H](Cc2ccc(O)cc2)C(O)=N[C@@H](Cc2ccc(O)cc2)C(O)=N[C@@H](Cc2c[nH]c3ccccc23)C(=O)O)N=C(O)[C@@H]2CCCN2C(=O)[C@H](CO)N=C1O. The van der Waals surface area contributed by atoms with Crippen molar-refractivity contribution in [3.05, 3.63) is 258 Å². The minimum Gasteiger partial charge on any atom is -0.508 e. The maximum atomic E-state index is 14.8. The number of hydrogen-bond donors (Lipinski definition) is 28. The molecule has 0 unspecified atom stereocenters. The van der Waals surface area contributed by atoms with E-state index in [1.54, 1.807) is 152 Å². The largest absolute Gasteiger partial charge is 0.508 e. The third-order valence-corrected chi connectivity index (χ3v) is 24.5. The van der Waals surface area contributed by atoms with Crippen molar-refractivity contribution in [3.63, 3.8) is 0 Å². The van der Waals surface area contributed by atoms with E-state index in [0.717, 1.165) is 11.8 Å². The van der Waals surface area contributed by atoms with E-state index in [1.807, 2.05) is 0 Å². The summed E-state index contributed by atoms with van der Waals surface area (Å²) in [4.78, 5) is 110. The van der Waals surface area contributed by atoms with Crippen LogP contribution in [0.2, 0.25) is 0 Å². The number of phenolic OH excluding ortho intramolecular Hbond substituents is 2. The van der Waals surface area contributed by atoms with Gasteiger partial charge in [0.2, 0.25) is 82.6 Å². The Kier molecular flexibility index (Phi) is 37.5. The molecule has 2 aliphatic rings. The summed E-state index contributed by atoms with van der Waals surface area (Å²) in [6, 6.07) is 23.5. The van der Waals surface area contributed by atoms with Gasteiger partial charge in [0, 0.05) is 121 Å². The second-order valence-corrected chi connectivity index (χ2v) is 35.5. The zero-order valence-corrected chi connectivity index (χ0v) is 80.6. The van der Waals surface area contributed by atoms with Gasteiger partial charge in [0.1, 0.15) is 91.0 Å². The number of H-pyrrole nitrogens is 4. The molecular formula is C103H115N23O24. The number of aliphatic hydroxyl groups excluding tert-OH is 19. The third kappa shape index (κ3) is 30.3. The molecule has 4 aromatic heterocycles. The van der Waals surface area contributed by atoms with Crippen LogP contribution in [0.3, 0.4) is 0 Å². The van der Waals surface area contributed by atoms with Crippen LogP contribution in [0.15, 0.2) is 288 Å². The van der Waals surface area contributed by atoms with Gasteiger partial charge in [0.25, 0.3) is 5.91 Å². The molecule has 0 saturated carbocycles. The number of nitrogens with zero attached hydrogens (tertiary/aromatic N) is 17. The Morgan fingerprint density at radius 1 is 0.420 bits per heavy atom. The van der Waals surface area contributed by atoms with Gasteiger partial charge in [0.05, 0.1) is 38.3 Å². The quantitative estimate of drug-likeness (QED) is 0.0127. The number of aromatic amines is 4. The first kappa shape index (κ1) is 109. The number of para-hydroxylation sites is 3. The van der Waals surface area contributed by atoms with Gasteiger partial charge in [-0.2, -0.15) is 0 Å². The second-order valence-electron chi connectivity index (χ2n) is 35.5. The van der Waals surface area contributed by atoms with Gasteiger partial charge in [-0.05, 0) is 101 Å². The van der Waals surface area contributed by atoms with E-state index in [4.69, 9.17) is 10.8 Å². The number of amides is 1. The smallest absolute Gasteiger partial charge is 0.328 e. The number of phenols is 2. The molecule has 28 N–H and O–H groups in total. The topological polar surface area (TPSA) is 792 Å². The molecule has 1 saturated heterocycles. The van der Waals surface area contributed by atoms with Crippen LogP contribution < -0.4 is 0 Å². The molecule has 2 aliphatic heterocycles. The van der Waals surface area contributed by atoms with Crippen LogP contribution in [-0.4, -0.2) is 371 Å². The average Bonchev–Trinajstić information content (AvgIpc) is 1.69. The van der Waals surface area contributed by atoms with Crippen molar-refractivity contribution < 1.29 is 122 Å². The molecule has 1 fully saturated rings. The van der Waals surface area contributed by atoms with Crippen LogP contribution in [0, 0.1) is 10.8 Å². The molecule has 0 aliphatic carbocycles. The van der Waals surface area contributed by atoms with Crippen molar-refractivity contribution >= 4 is 145 Å². The van der Waals surface area contributed by atoms with Crippen LogP contribution >= 0.6 is 0 Å². The monoisotopic (exact) mass is 2060 g/mol. The van der Waals surface area contributed by atoms with Crippen molar-refractivity contribution in [1.82, 2.24) is 29.8 Å². The highest BCUT2D eigenvalue weighted by molar-refractivity contribution is 6.00. The molecule has 7 aromatic carbocycles. The standard InChI is InChI=1S/C103H115N23O24/c1-54(128)89-101(147)124-82(52-127)102(148)126-34-14-25-83(126)100(146)122-80(45-86(133)110-50-87(134)113-78(43-84(104)131)97(143)118-76(40-60-47-108-69-23-12-9-20-66(60)69)96(142)120-77(42-62-49-106-53-112-62)90(136)111-51-88(135)125-89)99(145)119-75(39-59-46-107-68-22-11-8-19-65(59)68)95(141)116-71(35-55-15-4-2-5-16-55)91(137)114-72(36-56-17-6-3-7-18-56)93(139)121-79(44-85(105)132)98(144)117-73(37-57-26-30-63(129)31-27-57)92(138)115-74(38-58-28-32-64(130)33-29-58)94(140)123-81(103(149)150)41-61-48-109-70-24-13-10-21-67(61)70/h2-13,15-24,26-33,46-49,53-54,71-83,89,107-109,127-130H,14,25,34-45,50-52H2,1H3,(H2,104,131)(H2,105,132)(H,106,112)(H,110,133)(H,111,136)(H,113,134)(H,114,137)(H,115,138)(H,116,141)(H,117,144)(H,118,143)(H,119,145)(H,120,142)(H,121,139)(H,122,146)(H,123,140)(H,124,147)(H,125,135)(H,149,150)/t54-,71+,72+,73+,74+,75+,76+,77+,78+,79+,80+,81+,82+,83+,89+/m1/s1. The number of aliphatic hydroxyl groups is 19. The highest BCUT2D eigenvalue weighted by Crippen LogP contribution is 2.30. The Bertz CT molecular complexity index is 7030. The van der Waals surface area contributed by atoms with Gasteiger partial charge in [0.15, 0.2) is 35.8 Å². The molecule has 786 valence electrons. The predicted octanol–water partition coefficient (Wildman–Crippen LogP) is 11.3. The van der Waals surface area contributed by atoms with E-state index in [1.165, 1.54) is 61.1 Å². The number of aromatic nitrogens is 5. The number of fused-ring (bicyclic) bond motifs is 4. The van der Waals surface area contributed by atoms with Gasteiger partial charge in [-0.25, -0.2) is 84.7 Å². The Labute approximate surface area is 854 Å². The number of carbonyl (C=O) groups excluding carboxylic acids is 1. The maximum Gasteiger partial charge on any atom is 0.328 e. The number of carbonyl (C=O) groups is 2. The molecule has 47 heteroatoms. The minimum absolute atomic E-state index is 0.101. The highest BCUT2D eigenvalue weighted by Gasteiger charge is 2.40. The summed E-state index contributed by atoms with van der Waals surface area (Å²) in [5.41, 5.74) is 5.17. The number of aliphatic carboxylic acids is 1. The summed E-state index contributed by atoms with van der Waals surface area (Å²) in [7, 11) is 0. The van der Waals surface area contributed by atoms with E-state index < -0.39 is 248 Å². The highest BCUT2D eigenvalue weighted by atomic mass is 16.4. The van der Waals surface area contributed by atoms with Crippen molar-refractivity contribution in [1.29, 1.82) is 10.8 Å². The first-order valence-electron chi connectivity index (χ1n) is 47.5. The van der Waals surface area contributed by atoms with E-state index in [9.17, 15) is 122 Å². The molecule has 0 bridgehead atoms. The van der Waals surface area contributed by atoms with Gasteiger partial charge in [-0.3, -0.25) is 15.6 Å². The number of aromatic hydroxyl groups is 2. The molecular weight excluding hydrogens is 1940 g/mol. The van der Waals surface area contributed by atoms with Crippen molar-refractivity contribution in [2.45, 2.75) is 181 Å². The van der Waals surface area contributed by atoms with Gasteiger partial charge in [-0.15, -0.1) is 0 Å². The number of imidazole rings is 1. The van der Waals surface area contributed by atoms with Crippen LogP contribution in [-0.2, 0) is 61.0 Å². The lowest BCUT2D eigenvalue weighted by Crippen LogP contribution is -2.47. The molecule has 15 atom stereocenters. The summed E-state index contributed by atoms with van der Waals surface area (Å²) in [6.07, 6.45) is 0.133.